The van der Waals surface area contributed by atoms with E-state index in [4.69, 9.17) is 0 Å². The Balaban J connectivity index is 1.79. The zero-order chi connectivity index (χ0) is 13.1. The van der Waals surface area contributed by atoms with Gasteiger partial charge in [0.2, 0.25) is 5.91 Å². The molecule has 1 atom stereocenters. The average molecular weight is 253 g/mol. The molecular weight excluding hydrogens is 230 g/mol. The van der Waals surface area contributed by atoms with Crippen LogP contribution in [0.2, 0.25) is 0 Å². The van der Waals surface area contributed by atoms with Gasteiger partial charge in [0.25, 0.3) is 0 Å². The minimum atomic E-state index is 0.0824. The van der Waals surface area contributed by atoms with Crippen LogP contribution in [0.4, 0.5) is 0 Å². The fourth-order valence-electron chi connectivity index (χ4n) is 2.59. The predicted molar refractivity (Wildman–Crippen MR) is 69.3 cm³/mol. The molecule has 0 saturated carbocycles. The lowest BCUT2D eigenvalue weighted by Crippen LogP contribution is -2.51. The van der Waals surface area contributed by atoms with Crippen LogP contribution in [-0.4, -0.2) is 79.3 Å². The van der Waals surface area contributed by atoms with E-state index in [1.165, 1.54) is 0 Å². The Kier molecular flexibility index (Phi) is 4.35. The predicted octanol–water partition coefficient (Wildman–Crippen LogP) is -0.329. The van der Waals surface area contributed by atoms with Crippen LogP contribution in [0, 0.1) is 5.92 Å². The van der Waals surface area contributed by atoms with Crippen LogP contribution in [0.25, 0.3) is 0 Å². The van der Waals surface area contributed by atoms with Gasteiger partial charge in [-0.2, -0.15) is 0 Å². The number of carbonyl (C=O) groups excluding carboxylic acids is 2. The summed E-state index contributed by atoms with van der Waals surface area (Å²) in [6.45, 7) is 7.48. The Morgan fingerprint density at radius 2 is 1.89 bits per heavy atom. The number of carbonyl (C=O) groups is 2. The van der Waals surface area contributed by atoms with Crippen molar-refractivity contribution in [2.45, 2.75) is 13.3 Å². The quantitative estimate of drug-likeness (QED) is 0.676. The first kappa shape index (κ1) is 13.5. The molecule has 0 aromatic rings. The number of hydrogen-bond acceptors (Lipinski definition) is 4. The molecule has 102 valence electrons. The lowest BCUT2D eigenvalue weighted by molar-refractivity contribution is -0.136. The summed E-state index contributed by atoms with van der Waals surface area (Å²) in [5.41, 5.74) is 0. The van der Waals surface area contributed by atoms with E-state index in [0.29, 0.717) is 18.7 Å². The van der Waals surface area contributed by atoms with Gasteiger partial charge >= 0.3 is 0 Å². The van der Waals surface area contributed by atoms with Crippen molar-refractivity contribution in [3.05, 3.63) is 0 Å². The zero-order valence-corrected chi connectivity index (χ0v) is 11.4. The second kappa shape index (κ2) is 5.80. The third kappa shape index (κ3) is 3.29. The summed E-state index contributed by atoms with van der Waals surface area (Å²) < 4.78 is 0. The van der Waals surface area contributed by atoms with E-state index in [2.05, 4.69) is 16.8 Å². The number of rotatable bonds is 2. The summed E-state index contributed by atoms with van der Waals surface area (Å²) in [7, 11) is 2.08. The molecule has 0 radical (unpaired) electrons. The van der Waals surface area contributed by atoms with Crippen LogP contribution in [0.5, 0.6) is 0 Å². The Morgan fingerprint density at radius 1 is 1.22 bits per heavy atom. The molecule has 1 amide bonds. The molecule has 2 heterocycles. The maximum Gasteiger partial charge on any atom is 0.236 e. The third-order valence-corrected chi connectivity index (χ3v) is 3.97. The molecule has 2 aliphatic rings. The van der Waals surface area contributed by atoms with Gasteiger partial charge in [-0.25, -0.2) is 0 Å². The number of nitrogens with zero attached hydrogens (tertiary/aromatic N) is 3. The highest BCUT2D eigenvalue weighted by Crippen LogP contribution is 2.12. The van der Waals surface area contributed by atoms with Crippen molar-refractivity contribution >= 4 is 11.7 Å². The summed E-state index contributed by atoms with van der Waals surface area (Å²) >= 11 is 0. The van der Waals surface area contributed by atoms with Crippen molar-refractivity contribution in [1.29, 1.82) is 0 Å². The summed E-state index contributed by atoms with van der Waals surface area (Å²) in [5.74, 6) is 0.627. The molecule has 2 aliphatic heterocycles. The van der Waals surface area contributed by atoms with Gasteiger partial charge in [0.15, 0.2) is 0 Å². The molecule has 5 nitrogen and oxygen atoms in total. The van der Waals surface area contributed by atoms with Crippen LogP contribution in [0.15, 0.2) is 0 Å². The number of hydrogen-bond donors (Lipinski definition) is 0. The van der Waals surface area contributed by atoms with Gasteiger partial charge in [0, 0.05) is 51.6 Å². The van der Waals surface area contributed by atoms with Crippen molar-refractivity contribution < 1.29 is 9.59 Å². The molecule has 0 aromatic carbocycles. The van der Waals surface area contributed by atoms with Crippen LogP contribution < -0.4 is 0 Å². The molecule has 2 fully saturated rings. The fraction of sp³-hybridized carbons (Fsp3) is 0.846. The first-order valence-corrected chi connectivity index (χ1v) is 6.77. The Bertz CT molecular complexity index is 324. The van der Waals surface area contributed by atoms with Crippen LogP contribution in [0.3, 0.4) is 0 Å². The maximum absolute atomic E-state index is 12.1. The molecule has 0 aromatic heterocycles. The standard InChI is InChI=1S/C13H23N3O2/c1-11-9-15(4-3-12(11)17)10-13(18)16-7-5-14(2)6-8-16/h11H,3-10H2,1-2H3. The smallest absolute Gasteiger partial charge is 0.236 e. The first-order valence-electron chi connectivity index (χ1n) is 6.77. The van der Waals surface area contributed by atoms with Crippen molar-refractivity contribution in [1.82, 2.24) is 14.7 Å². The number of ketones is 1. The molecule has 18 heavy (non-hydrogen) atoms. The highest BCUT2D eigenvalue weighted by atomic mass is 16.2. The van der Waals surface area contributed by atoms with Crippen LogP contribution in [0.1, 0.15) is 13.3 Å². The van der Waals surface area contributed by atoms with E-state index in [0.717, 1.165) is 39.3 Å². The van der Waals surface area contributed by atoms with E-state index >= 15 is 0 Å². The van der Waals surface area contributed by atoms with Crippen molar-refractivity contribution in [2.24, 2.45) is 5.92 Å². The Morgan fingerprint density at radius 3 is 2.50 bits per heavy atom. The van der Waals surface area contributed by atoms with Gasteiger partial charge in [-0.15, -0.1) is 0 Å². The van der Waals surface area contributed by atoms with Crippen LogP contribution >= 0.6 is 0 Å². The van der Waals surface area contributed by atoms with Gasteiger partial charge in [-0.3, -0.25) is 14.5 Å². The topological polar surface area (TPSA) is 43.9 Å². The fourth-order valence-corrected chi connectivity index (χ4v) is 2.59. The van der Waals surface area contributed by atoms with E-state index in [9.17, 15) is 9.59 Å². The van der Waals surface area contributed by atoms with Crippen molar-refractivity contribution in [3.63, 3.8) is 0 Å². The number of likely N-dealkylation sites (N-methyl/N-ethyl adjacent to an activating group) is 1. The van der Waals surface area contributed by atoms with E-state index in [1.54, 1.807) is 0 Å². The first-order chi connectivity index (χ1) is 8.56. The number of Topliss-reactive ketones (excluding diaryl/α,β-unsaturated/α-hetero) is 1. The maximum atomic E-state index is 12.1. The second-order valence-electron chi connectivity index (χ2n) is 5.54. The molecule has 2 saturated heterocycles. The van der Waals surface area contributed by atoms with Crippen molar-refractivity contribution in [3.8, 4) is 0 Å². The lowest BCUT2D eigenvalue weighted by atomic mass is 9.99. The number of amides is 1. The summed E-state index contributed by atoms with van der Waals surface area (Å²) in [4.78, 5) is 29.9. The van der Waals surface area contributed by atoms with Gasteiger partial charge < -0.3 is 9.80 Å². The average Bonchev–Trinajstić information content (AvgIpc) is 2.34. The lowest BCUT2D eigenvalue weighted by Gasteiger charge is -2.35. The van der Waals surface area contributed by atoms with E-state index in [1.807, 2.05) is 11.8 Å². The SMILES string of the molecule is CC1CN(CC(=O)N2CCN(C)CC2)CCC1=O. The van der Waals surface area contributed by atoms with E-state index in [-0.39, 0.29) is 11.8 Å². The molecule has 1 unspecified atom stereocenters. The Hall–Kier alpha value is -0.940. The van der Waals surface area contributed by atoms with Gasteiger partial charge in [0.1, 0.15) is 5.78 Å². The highest BCUT2D eigenvalue weighted by molar-refractivity contribution is 5.82. The molecule has 0 bridgehead atoms. The Labute approximate surface area is 109 Å². The monoisotopic (exact) mass is 253 g/mol. The minimum absolute atomic E-state index is 0.0824. The third-order valence-electron chi connectivity index (χ3n) is 3.97. The molecule has 2 rings (SSSR count). The number of piperidine rings is 1. The molecule has 5 heteroatoms. The van der Waals surface area contributed by atoms with Gasteiger partial charge in [-0.1, -0.05) is 6.92 Å². The minimum Gasteiger partial charge on any atom is -0.339 e. The summed E-state index contributed by atoms with van der Waals surface area (Å²) in [6, 6.07) is 0. The largest absolute Gasteiger partial charge is 0.339 e. The molecule has 0 N–H and O–H groups in total. The normalized spacial score (nSPS) is 27.6. The number of likely N-dealkylation sites (tertiary alicyclic amines) is 1. The molecular formula is C13H23N3O2. The van der Waals surface area contributed by atoms with Crippen molar-refractivity contribution in [2.75, 3.05) is 52.9 Å². The highest BCUT2D eigenvalue weighted by Gasteiger charge is 2.27. The van der Waals surface area contributed by atoms with Gasteiger partial charge in [-0.05, 0) is 7.05 Å². The summed E-state index contributed by atoms with van der Waals surface area (Å²) in [6.07, 6.45) is 0.594. The van der Waals surface area contributed by atoms with E-state index < -0.39 is 0 Å². The van der Waals surface area contributed by atoms with Crippen LogP contribution in [-0.2, 0) is 9.59 Å². The zero-order valence-electron chi connectivity index (χ0n) is 11.4. The summed E-state index contributed by atoms with van der Waals surface area (Å²) in [5, 5.41) is 0. The number of piperazine rings is 1. The second-order valence-corrected chi connectivity index (χ2v) is 5.54. The van der Waals surface area contributed by atoms with Gasteiger partial charge in [0.05, 0.1) is 6.54 Å². The molecule has 0 aliphatic carbocycles. The molecule has 0 spiro atoms.